The number of phenolic OH excluding ortho intramolecular Hbond substituents is 1. The molecule has 6 nitrogen and oxygen atoms in total. The Morgan fingerprint density at radius 2 is 2.38 bits per heavy atom. The van der Waals surface area contributed by atoms with E-state index in [1.807, 2.05) is 0 Å². The average molecular weight is 223 g/mol. The number of rotatable bonds is 4. The molecule has 0 aromatic heterocycles. The fourth-order valence-corrected chi connectivity index (χ4v) is 1.37. The van der Waals surface area contributed by atoms with E-state index in [-0.39, 0.29) is 11.5 Å². The Bertz CT molecular complexity index is 430. The molecule has 6 heteroatoms. The summed E-state index contributed by atoms with van der Waals surface area (Å²) in [7, 11) is 1.42. The highest BCUT2D eigenvalue weighted by Crippen LogP contribution is 2.36. The monoisotopic (exact) mass is 223 g/mol. The molecule has 1 saturated heterocycles. The van der Waals surface area contributed by atoms with Gasteiger partial charge in [0.05, 0.1) is 12.8 Å². The van der Waals surface area contributed by atoms with Gasteiger partial charge in [-0.1, -0.05) is 0 Å². The average Bonchev–Trinajstić information content (AvgIpc) is 2.99. The summed E-state index contributed by atoms with van der Waals surface area (Å²) in [6.07, 6.45) is 0.677. The first kappa shape index (κ1) is 10.7. The molecule has 1 aromatic carbocycles. The van der Waals surface area contributed by atoms with Gasteiger partial charge < -0.3 is 15.2 Å². The van der Waals surface area contributed by atoms with Crippen molar-refractivity contribution in [1.82, 2.24) is 5.32 Å². The van der Waals surface area contributed by atoms with E-state index in [4.69, 9.17) is 10.5 Å². The quantitative estimate of drug-likeness (QED) is 0.244. The number of benzene rings is 1. The molecule has 1 fully saturated rings. The molecule has 0 aliphatic carbocycles. The molecule has 2 rings (SSSR count). The normalized spacial score (nSPS) is 22.6. The van der Waals surface area contributed by atoms with Gasteiger partial charge in [-0.2, -0.15) is 0 Å². The molecule has 0 saturated carbocycles. The van der Waals surface area contributed by atoms with Crippen molar-refractivity contribution in [1.29, 1.82) is 0 Å². The van der Waals surface area contributed by atoms with E-state index in [1.54, 1.807) is 0 Å². The van der Waals surface area contributed by atoms with Gasteiger partial charge in [0.2, 0.25) is 0 Å². The first-order valence-electron chi connectivity index (χ1n) is 4.76. The number of nitrogens with two attached hydrogens (primary N) is 1. The Kier molecular flexibility index (Phi) is 2.45. The van der Waals surface area contributed by atoms with Crippen LogP contribution in [-0.4, -0.2) is 30.8 Å². The molecular formula is C10H13N3O3. The van der Waals surface area contributed by atoms with Gasteiger partial charge >= 0.3 is 0 Å². The van der Waals surface area contributed by atoms with Crippen molar-refractivity contribution >= 4 is 12.0 Å². The van der Waals surface area contributed by atoms with Gasteiger partial charge in [-0.25, -0.2) is 0 Å². The molecule has 1 aromatic rings. The zero-order valence-electron chi connectivity index (χ0n) is 8.78. The van der Waals surface area contributed by atoms with Gasteiger partial charge in [0.25, 0.3) is 0 Å². The highest BCUT2D eigenvalue weighted by Gasteiger charge is 2.38. The van der Waals surface area contributed by atoms with Gasteiger partial charge in [-0.3, -0.25) is 15.8 Å². The van der Waals surface area contributed by atoms with E-state index in [0.717, 1.165) is 0 Å². The zero-order chi connectivity index (χ0) is 11.8. The van der Waals surface area contributed by atoms with E-state index in [0.29, 0.717) is 24.1 Å². The van der Waals surface area contributed by atoms with Gasteiger partial charge in [0, 0.05) is 12.1 Å². The molecule has 1 aliphatic rings. The summed E-state index contributed by atoms with van der Waals surface area (Å²) in [5.41, 5.74) is 6.54. The SMILES string of the molecule is COc1cc(C=O)cc(NC2(N)CN2)c1O. The number of methoxy groups -OCH3 is 1. The molecule has 1 unspecified atom stereocenters. The maximum atomic E-state index is 10.7. The van der Waals surface area contributed by atoms with Gasteiger partial charge in [-0.15, -0.1) is 0 Å². The predicted octanol–water partition coefficient (Wildman–Crippen LogP) is -0.159. The minimum atomic E-state index is -0.704. The third-order valence-electron chi connectivity index (χ3n) is 2.37. The Morgan fingerprint density at radius 1 is 1.69 bits per heavy atom. The Balaban J connectivity index is 2.37. The summed E-state index contributed by atoms with van der Waals surface area (Å²) in [6.45, 7) is 0.597. The van der Waals surface area contributed by atoms with Crippen LogP contribution in [0, 0.1) is 0 Å². The summed E-state index contributed by atoms with van der Waals surface area (Å²) in [4.78, 5) is 10.7. The number of anilines is 1. The van der Waals surface area contributed by atoms with Crippen LogP contribution >= 0.6 is 0 Å². The fraction of sp³-hybridized carbons (Fsp3) is 0.300. The van der Waals surface area contributed by atoms with E-state index >= 15 is 0 Å². The molecular weight excluding hydrogens is 210 g/mol. The minimum absolute atomic E-state index is 0.0633. The van der Waals surface area contributed by atoms with E-state index < -0.39 is 5.79 Å². The molecule has 1 atom stereocenters. The predicted molar refractivity (Wildman–Crippen MR) is 58.6 cm³/mol. The fourth-order valence-electron chi connectivity index (χ4n) is 1.37. The van der Waals surface area contributed by atoms with Crippen LogP contribution in [0.5, 0.6) is 11.5 Å². The summed E-state index contributed by atoms with van der Waals surface area (Å²) >= 11 is 0. The number of carbonyl (C=O) groups is 1. The van der Waals surface area contributed by atoms with Gasteiger partial charge in [-0.05, 0) is 12.1 Å². The van der Waals surface area contributed by atoms with Crippen molar-refractivity contribution in [3.05, 3.63) is 17.7 Å². The van der Waals surface area contributed by atoms with Crippen LogP contribution in [0.25, 0.3) is 0 Å². The minimum Gasteiger partial charge on any atom is -0.503 e. The lowest BCUT2D eigenvalue weighted by Gasteiger charge is -2.15. The standard InChI is InChI=1S/C10H13N3O3/c1-16-8-3-6(4-14)2-7(9(8)15)13-10(11)5-12-10/h2-4,12-13,15H,5,11H2,1H3. The van der Waals surface area contributed by atoms with Crippen molar-refractivity contribution in [3.63, 3.8) is 0 Å². The lowest BCUT2D eigenvalue weighted by molar-refractivity contribution is 0.112. The second-order valence-electron chi connectivity index (χ2n) is 3.69. The second-order valence-corrected chi connectivity index (χ2v) is 3.69. The Labute approximate surface area is 92.4 Å². The second kappa shape index (κ2) is 3.66. The van der Waals surface area contributed by atoms with Crippen LogP contribution in [0.15, 0.2) is 12.1 Å². The number of hydrogen-bond donors (Lipinski definition) is 4. The number of phenols is 1. The van der Waals surface area contributed by atoms with E-state index in [2.05, 4.69) is 10.6 Å². The smallest absolute Gasteiger partial charge is 0.181 e. The van der Waals surface area contributed by atoms with Crippen molar-refractivity contribution in [2.24, 2.45) is 5.73 Å². The van der Waals surface area contributed by atoms with Crippen LogP contribution in [0.2, 0.25) is 0 Å². The molecule has 0 bridgehead atoms. The summed E-state index contributed by atoms with van der Waals surface area (Å²) in [5, 5.41) is 15.6. The van der Waals surface area contributed by atoms with E-state index in [9.17, 15) is 9.90 Å². The topological polar surface area (TPSA) is 107 Å². The number of ether oxygens (including phenoxy) is 1. The summed E-state index contributed by atoms with van der Waals surface area (Å²) in [5.74, 6) is -0.535. The van der Waals surface area contributed by atoms with Crippen molar-refractivity contribution < 1.29 is 14.6 Å². The molecule has 0 radical (unpaired) electrons. The number of carbonyl (C=O) groups excluding carboxylic acids is 1. The Hall–Kier alpha value is -1.79. The number of aldehydes is 1. The van der Waals surface area contributed by atoms with Crippen molar-refractivity contribution in [2.75, 3.05) is 19.0 Å². The zero-order valence-corrected chi connectivity index (χ0v) is 8.78. The number of aromatic hydroxyl groups is 1. The van der Waals surface area contributed by atoms with Gasteiger partial charge in [0.1, 0.15) is 6.29 Å². The van der Waals surface area contributed by atoms with Crippen molar-refractivity contribution in [3.8, 4) is 11.5 Å². The van der Waals surface area contributed by atoms with Crippen LogP contribution in [0.1, 0.15) is 10.4 Å². The Morgan fingerprint density at radius 3 is 2.88 bits per heavy atom. The lowest BCUT2D eigenvalue weighted by atomic mass is 10.2. The van der Waals surface area contributed by atoms with Crippen LogP contribution in [0.3, 0.4) is 0 Å². The summed E-state index contributed by atoms with van der Waals surface area (Å²) < 4.78 is 4.95. The highest BCUT2D eigenvalue weighted by molar-refractivity contribution is 5.81. The van der Waals surface area contributed by atoms with E-state index in [1.165, 1.54) is 19.2 Å². The molecule has 1 aliphatic heterocycles. The third kappa shape index (κ3) is 1.93. The first-order chi connectivity index (χ1) is 7.58. The highest BCUT2D eigenvalue weighted by atomic mass is 16.5. The molecule has 86 valence electrons. The molecule has 0 spiro atoms. The first-order valence-corrected chi connectivity index (χ1v) is 4.76. The third-order valence-corrected chi connectivity index (χ3v) is 2.37. The van der Waals surface area contributed by atoms with Gasteiger partial charge in [0.15, 0.2) is 17.3 Å². The molecule has 0 amide bonds. The van der Waals surface area contributed by atoms with Crippen LogP contribution in [-0.2, 0) is 0 Å². The molecule has 16 heavy (non-hydrogen) atoms. The van der Waals surface area contributed by atoms with Crippen LogP contribution in [0.4, 0.5) is 5.69 Å². The maximum absolute atomic E-state index is 10.7. The summed E-state index contributed by atoms with van der Waals surface area (Å²) in [6, 6.07) is 2.97. The molecule has 1 heterocycles. The van der Waals surface area contributed by atoms with Crippen molar-refractivity contribution in [2.45, 2.75) is 5.79 Å². The lowest BCUT2D eigenvalue weighted by Crippen LogP contribution is -2.37. The molecule has 5 N–H and O–H groups in total. The largest absolute Gasteiger partial charge is 0.503 e. The number of hydrogen-bond acceptors (Lipinski definition) is 6. The number of nitrogens with one attached hydrogen (secondary N) is 2. The maximum Gasteiger partial charge on any atom is 0.181 e. The van der Waals surface area contributed by atoms with Crippen LogP contribution < -0.4 is 21.1 Å².